The maximum atomic E-state index is 10.3. The van der Waals surface area contributed by atoms with Crippen LogP contribution in [0.3, 0.4) is 0 Å². The van der Waals surface area contributed by atoms with E-state index in [1.165, 1.54) is 5.56 Å². The van der Waals surface area contributed by atoms with Crippen molar-refractivity contribution in [2.75, 3.05) is 13.6 Å². The quantitative estimate of drug-likeness (QED) is 0.774. The molecule has 0 saturated carbocycles. The van der Waals surface area contributed by atoms with Crippen molar-refractivity contribution >= 4 is 0 Å². The molecule has 1 aromatic carbocycles. The second kappa shape index (κ2) is 5.29. The Bertz CT molecular complexity index is 307. The molecular weight excluding hydrogens is 186 g/mol. The van der Waals surface area contributed by atoms with Gasteiger partial charge in [-0.05, 0) is 44.5 Å². The van der Waals surface area contributed by atoms with E-state index in [1.807, 2.05) is 26.1 Å². The molecule has 1 unspecified atom stereocenters. The number of aliphatic hydroxyl groups is 1. The fraction of sp³-hybridized carbons (Fsp3) is 0.538. The van der Waals surface area contributed by atoms with Crippen molar-refractivity contribution in [3.05, 3.63) is 35.4 Å². The van der Waals surface area contributed by atoms with Crippen LogP contribution in [0.1, 0.15) is 31.4 Å². The molecule has 84 valence electrons. The van der Waals surface area contributed by atoms with Crippen LogP contribution in [0.4, 0.5) is 0 Å². The third-order valence-electron chi connectivity index (χ3n) is 2.82. The average molecular weight is 207 g/mol. The van der Waals surface area contributed by atoms with Crippen molar-refractivity contribution < 1.29 is 5.11 Å². The zero-order valence-corrected chi connectivity index (χ0v) is 9.88. The van der Waals surface area contributed by atoms with Crippen molar-refractivity contribution in [3.63, 3.8) is 0 Å². The number of aryl methyl sites for hydroxylation is 1. The van der Waals surface area contributed by atoms with Crippen LogP contribution in [0, 0.1) is 0 Å². The highest BCUT2D eigenvalue weighted by atomic mass is 16.3. The van der Waals surface area contributed by atoms with Gasteiger partial charge in [0.1, 0.15) is 0 Å². The molecule has 0 fully saturated rings. The molecule has 0 aliphatic rings. The summed E-state index contributed by atoms with van der Waals surface area (Å²) in [5, 5.41) is 13.4. The van der Waals surface area contributed by atoms with Gasteiger partial charge < -0.3 is 10.4 Å². The van der Waals surface area contributed by atoms with Crippen molar-refractivity contribution in [3.8, 4) is 0 Å². The molecule has 15 heavy (non-hydrogen) atoms. The van der Waals surface area contributed by atoms with Gasteiger partial charge in [0.25, 0.3) is 0 Å². The maximum absolute atomic E-state index is 10.3. The minimum Gasteiger partial charge on any atom is -0.385 e. The smallest absolute Gasteiger partial charge is 0.0880 e. The maximum Gasteiger partial charge on any atom is 0.0880 e. The summed E-state index contributed by atoms with van der Waals surface area (Å²) in [6, 6.07) is 8.20. The van der Waals surface area contributed by atoms with E-state index in [4.69, 9.17) is 0 Å². The van der Waals surface area contributed by atoms with E-state index in [0.29, 0.717) is 0 Å². The zero-order chi connectivity index (χ0) is 11.3. The average Bonchev–Trinajstić information content (AvgIpc) is 2.26. The summed E-state index contributed by atoms with van der Waals surface area (Å²) in [6.07, 6.45) is 1.74. The Balaban J connectivity index is 2.83. The summed E-state index contributed by atoms with van der Waals surface area (Å²) in [6.45, 7) is 4.82. The first-order chi connectivity index (χ1) is 7.10. The number of nitrogens with one attached hydrogen (secondary N) is 1. The van der Waals surface area contributed by atoms with Crippen molar-refractivity contribution in [2.45, 2.75) is 32.3 Å². The van der Waals surface area contributed by atoms with Crippen molar-refractivity contribution in [1.82, 2.24) is 5.32 Å². The highest BCUT2D eigenvalue weighted by molar-refractivity contribution is 5.27. The summed E-state index contributed by atoms with van der Waals surface area (Å²) in [5.74, 6) is 0. The molecule has 0 amide bonds. The summed E-state index contributed by atoms with van der Waals surface area (Å²) < 4.78 is 0. The van der Waals surface area contributed by atoms with Crippen LogP contribution in [-0.2, 0) is 12.0 Å². The lowest BCUT2D eigenvalue weighted by atomic mass is 9.91. The first-order valence-corrected chi connectivity index (χ1v) is 5.56. The lowest BCUT2D eigenvalue weighted by Gasteiger charge is -2.24. The van der Waals surface area contributed by atoms with Gasteiger partial charge in [-0.15, -0.1) is 0 Å². The van der Waals surface area contributed by atoms with Gasteiger partial charge >= 0.3 is 0 Å². The Hall–Kier alpha value is -0.860. The Kier molecular flexibility index (Phi) is 4.30. The Morgan fingerprint density at radius 1 is 1.40 bits per heavy atom. The molecule has 0 aromatic heterocycles. The van der Waals surface area contributed by atoms with Gasteiger partial charge in [0, 0.05) is 0 Å². The van der Waals surface area contributed by atoms with E-state index >= 15 is 0 Å². The molecule has 0 bridgehead atoms. The third-order valence-corrected chi connectivity index (χ3v) is 2.82. The van der Waals surface area contributed by atoms with E-state index in [0.717, 1.165) is 24.9 Å². The molecule has 1 aromatic rings. The minimum absolute atomic E-state index is 0.728. The van der Waals surface area contributed by atoms with E-state index in [9.17, 15) is 5.11 Å². The molecule has 2 N–H and O–H groups in total. The Morgan fingerprint density at radius 3 is 2.73 bits per heavy atom. The van der Waals surface area contributed by atoms with Crippen LogP contribution in [-0.4, -0.2) is 18.7 Å². The van der Waals surface area contributed by atoms with Gasteiger partial charge in [-0.3, -0.25) is 0 Å². The molecule has 1 atom stereocenters. The highest BCUT2D eigenvalue weighted by Gasteiger charge is 2.22. The number of benzene rings is 1. The molecule has 0 aliphatic heterocycles. The standard InChI is InChI=1S/C13H21NO/c1-4-11-6-5-7-12(10-11)13(2,15)8-9-14-3/h5-7,10,14-15H,4,8-9H2,1-3H3. The SMILES string of the molecule is CCc1cccc(C(C)(O)CCNC)c1. The fourth-order valence-electron chi connectivity index (χ4n) is 1.64. The molecule has 0 saturated heterocycles. The highest BCUT2D eigenvalue weighted by Crippen LogP contribution is 2.24. The predicted molar refractivity (Wildman–Crippen MR) is 63.9 cm³/mol. The second-order valence-electron chi connectivity index (χ2n) is 4.18. The second-order valence-corrected chi connectivity index (χ2v) is 4.18. The van der Waals surface area contributed by atoms with Crippen LogP contribution >= 0.6 is 0 Å². The van der Waals surface area contributed by atoms with Crippen LogP contribution in [0.5, 0.6) is 0 Å². The molecule has 1 rings (SSSR count). The summed E-state index contributed by atoms with van der Waals surface area (Å²) in [5.41, 5.74) is 1.56. The topological polar surface area (TPSA) is 32.3 Å². The van der Waals surface area contributed by atoms with Crippen LogP contribution in [0.25, 0.3) is 0 Å². The fourth-order valence-corrected chi connectivity index (χ4v) is 1.64. The first kappa shape index (κ1) is 12.2. The largest absolute Gasteiger partial charge is 0.385 e. The molecule has 2 heteroatoms. The monoisotopic (exact) mass is 207 g/mol. The van der Waals surface area contributed by atoms with Crippen molar-refractivity contribution in [1.29, 1.82) is 0 Å². The van der Waals surface area contributed by atoms with Gasteiger partial charge in [-0.1, -0.05) is 31.2 Å². The van der Waals surface area contributed by atoms with E-state index < -0.39 is 5.60 Å². The van der Waals surface area contributed by atoms with E-state index in [1.54, 1.807) is 0 Å². The van der Waals surface area contributed by atoms with Gasteiger partial charge in [-0.2, -0.15) is 0 Å². The van der Waals surface area contributed by atoms with Crippen LogP contribution in [0.2, 0.25) is 0 Å². The first-order valence-electron chi connectivity index (χ1n) is 5.56. The van der Waals surface area contributed by atoms with Gasteiger partial charge in [-0.25, -0.2) is 0 Å². The number of hydrogen-bond donors (Lipinski definition) is 2. The third kappa shape index (κ3) is 3.33. The molecule has 2 nitrogen and oxygen atoms in total. The van der Waals surface area contributed by atoms with Gasteiger partial charge in [0.2, 0.25) is 0 Å². The molecular formula is C13H21NO. The summed E-state index contributed by atoms with van der Waals surface area (Å²) in [7, 11) is 1.90. The summed E-state index contributed by atoms with van der Waals surface area (Å²) in [4.78, 5) is 0. The van der Waals surface area contributed by atoms with Crippen LogP contribution < -0.4 is 5.32 Å². The van der Waals surface area contributed by atoms with Gasteiger partial charge in [0.05, 0.1) is 5.60 Å². The molecule has 0 radical (unpaired) electrons. The minimum atomic E-state index is -0.728. The van der Waals surface area contributed by atoms with E-state index in [-0.39, 0.29) is 0 Å². The molecule has 0 aliphatic carbocycles. The normalized spacial score (nSPS) is 14.9. The molecule has 0 spiro atoms. The summed E-state index contributed by atoms with van der Waals surface area (Å²) >= 11 is 0. The Labute approximate surface area is 92.3 Å². The lowest BCUT2D eigenvalue weighted by molar-refractivity contribution is 0.0484. The van der Waals surface area contributed by atoms with Crippen LogP contribution in [0.15, 0.2) is 24.3 Å². The predicted octanol–water partition coefficient (Wildman–Crippen LogP) is 2.07. The Morgan fingerprint density at radius 2 is 2.13 bits per heavy atom. The van der Waals surface area contributed by atoms with Gasteiger partial charge in [0.15, 0.2) is 0 Å². The van der Waals surface area contributed by atoms with Crippen molar-refractivity contribution in [2.24, 2.45) is 0 Å². The molecule has 0 heterocycles. The zero-order valence-electron chi connectivity index (χ0n) is 9.88. The van der Waals surface area contributed by atoms with E-state index in [2.05, 4.69) is 24.4 Å². The number of hydrogen-bond acceptors (Lipinski definition) is 2. The lowest BCUT2D eigenvalue weighted by Crippen LogP contribution is -2.26. The number of rotatable bonds is 5.